The van der Waals surface area contributed by atoms with E-state index in [1.807, 2.05) is 6.92 Å². The summed E-state index contributed by atoms with van der Waals surface area (Å²) in [5.41, 5.74) is 2.44. The van der Waals surface area contributed by atoms with E-state index in [9.17, 15) is 12.8 Å². The first kappa shape index (κ1) is 15.1. The highest BCUT2D eigenvalue weighted by Gasteiger charge is 2.20. The van der Waals surface area contributed by atoms with Crippen molar-refractivity contribution in [2.75, 3.05) is 18.6 Å². The fourth-order valence-electron chi connectivity index (χ4n) is 2.26. The Morgan fingerprint density at radius 1 is 1.28 bits per heavy atom. The minimum atomic E-state index is -3.09. The molecule has 1 N–H and O–H groups in total. The third kappa shape index (κ3) is 4.07. The molecule has 0 saturated heterocycles. The molecule has 0 spiro atoms. The summed E-state index contributed by atoms with van der Waals surface area (Å²) in [6, 6.07) is 2.59. The van der Waals surface area contributed by atoms with Crippen molar-refractivity contribution in [2.45, 2.75) is 26.8 Å². The monoisotopic (exact) mass is 273 g/mol. The molecule has 0 aliphatic heterocycles. The molecule has 0 heterocycles. The maximum Gasteiger partial charge on any atom is 0.149 e. The quantitative estimate of drug-likeness (QED) is 0.894. The number of nitrogens with one attached hydrogen (secondary N) is 1. The molecule has 1 rings (SSSR count). The minimum absolute atomic E-state index is 0.0220. The summed E-state index contributed by atoms with van der Waals surface area (Å²) >= 11 is 0. The van der Waals surface area contributed by atoms with Crippen molar-refractivity contribution in [2.24, 2.45) is 0 Å². The van der Waals surface area contributed by atoms with Gasteiger partial charge in [0.05, 0.1) is 5.75 Å². The largest absolute Gasteiger partial charge is 0.309 e. The number of benzene rings is 1. The molecule has 5 heteroatoms. The summed E-state index contributed by atoms with van der Waals surface area (Å²) < 4.78 is 36.2. The lowest BCUT2D eigenvalue weighted by atomic mass is 9.97. The molecule has 0 fully saturated rings. The molecule has 18 heavy (non-hydrogen) atoms. The van der Waals surface area contributed by atoms with Crippen LogP contribution in [0.3, 0.4) is 0 Å². The molecule has 1 atom stereocenters. The molecular weight excluding hydrogens is 253 g/mol. The van der Waals surface area contributed by atoms with Gasteiger partial charge in [-0.1, -0.05) is 6.92 Å². The maximum absolute atomic E-state index is 13.3. The van der Waals surface area contributed by atoms with E-state index >= 15 is 0 Å². The van der Waals surface area contributed by atoms with Crippen molar-refractivity contribution in [3.8, 4) is 0 Å². The topological polar surface area (TPSA) is 46.2 Å². The summed E-state index contributed by atoms with van der Waals surface area (Å²) in [7, 11) is -3.09. The van der Waals surface area contributed by atoms with E-state index in [1.54, 1.807) is 13.8 Å². The minimum Gasteiger partial charge on any atom is -0.309 e. The van der Waals surface area contributed by atoms with E-state index < -0.39 is 9.84 Å². The van der Waals surface area contributed by atoms with Crippen LogP contribution in [0, 0.1) is 19.7 Å². The lowest BCUT2D eigenvalue weighted by Crippen LogP contribution is -2.29. The molecule has 0 aliphatic rings. The van der Waals surface area contributed by atoms with E-state index in [2.05, 4.69) is 5.32 Å². The van der Waals surface area contributed by atoms with Crippen LogP contribution >= 0.6 is 0 Å². The highest BCUT2D eigenvalue weighted by Crippen LogP contribution is 2.24. The Labute approximate surface area is 108 Å². The molecule has 0 bridgehead atoms. The molecule has 0 amide bonds. The van der Waals surface area contributed by atoms with Gasteiger partial charge in [-0.25, -0.2) is 12.8 Å². The van der Waals surface area contributed by atoms with Crippen LogP contribution in [0.4, 0.5) is 4.39 Å². The van der Waals surface area contributed by atoms with E-state index in [0.29, 0.717) is 6.54 Å². The third-order valence-electron chi connectivity index (χ3n) is 2.83. The van der Waals surface area contributed by atoms with Gasteiger partial charge in [0.1, 0.15) is 15.7 Å². The summed E-state index contributed by atoms with van der Waals surface area (Å²) in [5.74, 6) is -0.267. The second kappa shape index (κ2) is 5.80. The number of rotatable bonds is 5. The Morgan fingerprint density at radius 2 is 1.78 bits per heavy atom. The predicted molar refractivity (Wildman–Crippen MR) is 72.0 cm³/mol. The van der Waals surface area contributed by atoms with E-state index in [4.69, 9.17) is 0 Å². The molecule has 1 unspecified atom stereocenters. The molecule has 0 saturated carbocycles. The first-order valence-corrected chi connectivity index (χ1v) is 7.98. The van der Waals surface area contributed by atoms with Crippen LogP contribution in [0.25, 0.3) is 0 Å². The Bertz CT molecular complexity index is 503. The van der Waals surface area contributed by atoms with Gasteiger partial charge < -0.3 is 5.32 Å². The number of sulfone groups is 1. The third-order valence-corrected chi connectivity index (χ3v) is 3.77. The van der Waals surface area contributed by atoms with E-state index in [0.717, 1.165) is 16.7 Å². The van der Waals surface area contributed by atoms with Crippen LogP contribution in [0.2, 0.25) is 0 Å². The summed E-state index contributed by atoms with van der Waals surface area (Å²) in [4.78, 5) is 0. The van der Waals surface area contributed by atoms with Crippen molar-refractivity contribution in [3.05, 3.63) is 34.6 Å². The van der Waals surface area contributed by atoms with Crippen molar-refractivity contribution in [3.63, 3.8) is 0 Å². The molecule has 1 aromatic carbocycles. The van der Waals surface area contributed by atoms with Crippen LogP contribution in [0.1, 0.15) is 29.7 Å². The van der Waals surface area contributed by atoms with Gasteiger partial charge in [-0.2, -0.15) is 0 Å². The number of hydrogen-bond donors (Lipinski definition) is 1. The fourth-order valence-corrected chi connectivity index (χ4v) is 3.15. The zero-order valence-electron chi connectivity index (χ0n) is 11.2. The van der Waals surface area contributed by atoms with Gasteiger partial charge in [0.15, 0.2) is 0 Å². The van der Waals surface area contributed by atoms with Gasteiger partial charge >= 0.3 is 0 Å². The number of halogens is 1. The van der Waals surface area contributed by atoms with Gasteiger partial charge in [0, 0.05) is 12.3 Å². The average molecular weight is 273 g/mol. The highest BCUT2D eigenvalue weighted by atomic mass is 32.2. The average Bonchev–Trinajstić information content (AvgIpc) is 2.13. The zero-order chi connectivity index (χ0) is 13.9. The summed E-state index contributed by atoms with van der Waals surface area (Å²) in [6.45, 7) is 6.19. The normalized spacial score (nSPS) is 13.6. The SMILES string of the molecule is CCNC(CS(C)(=O)=O)c1c(C)cc(F)cc1C. The Hall–Kier alpha value is -0.940. The molecular formula is C13H20FNO2S. The smallest absolute Gasteiger partial charge is 0.149 e. The molecule has 0 radical (unpaired) electrons. The van der Waals surface area contributed by atoms with E-state index in [1.165, 1.54) is 18.4 Å². The van der Waals surface area contributed by atoms with Crippen molar-refractivity contribution < 1.29 is 12.8 Å². The van der Waals surface area contributed by atoms with Gasteiger partial charge in [-0.05, 0) is 49.2 Å². The summed E-state index contributed by atoms with van der Waals surface area (Å²) in [6.07, 6.45) is 1.21. The first-order chi connectivity index (χ1) is 8.24. The zero-order valence-corrected chi connectivity index (χ0v) is 12.1. The molecule has 3 nitrogen and oxygen atoms in total. The van der Waals surface area contributed by atoms with Crippen LogP contribution in [-0.2, 0) is 9.84 Å². The second-order valence-electron chi connectivity index (χ2n) is 4.66. The first-order valence-electron chi connectivity index (χ1n) is 5.92. The Morgan fingerprint density at radius 3 is 2.17 bits per heavy atom. The predicted octanol–water partition coefficient (Wildman–Crippen LogP) is 2.14. The molecule has 102 valence electrons. The van der Waals surface area contributed by atoms with Crippen molar-refractivity contribution in [1.82, 2.24) is 5.32 Å². The lowest BCUT2D eigenvalue weighted by molar-refractivity contribution is 0.558. The van der Waals surface area contributed by atoms with Gasteiger partial charge in [0.25, 0.3) is 0 Å². The summed E-state index contributed by atoms with van der Waals surface area (Å²) in [5, 5.41) is 3.15. The maximum atomic E-state index is 13.3. The Balaban J connectivity index is 3.21. The Kier molecular flexibility index (Phi) is 4.87. The molecule has 0 aromatic heterocycles. The van der Waals surface area contributed by atoms with Gasteiger partial charge in [-0.15, -0.1) is 0 Å². The molecule has 0 aliphatic carbocycles. The fraction of sp³-hybridized carbons (Fsp3) is 0.538. The van der Waals surface area contributed by atoms with Crippen molar-refractivity contribution in [1.29, 1.82) is 0 Å². The number of aryl methyl sites for hydroxylation is 2. The van der Waals surface area contributed by atoms with Gasteiger partial charge in [0.2, 0.25) is 0 Å². The van der Waals surface area contributed by atoms with Crippen LogP contribution < -0.4 is 5.32 Å². The highest BCUT2D eigenvalue weighted by molar-refractivity contribution is 7.90. The molecule has 1 aromatic rings. The van der Waals surface area contributed by atoms with Crippen LogP contribution in [0.15, 0.2) is 12.1 Å². The van der Waals surface area contributed by atoms with E-state index in [-0.39, 0.29) is 17.6 Å². The van der Waals surface area contributed by atoms with Crippen LogP contribution in [-0.4, -0.2) is 27.0 Å². The standard InChI is InChI=1S/C13H20FNO2S/c1-5-15-12(8-18(4,16)17)13-9(2)6-11(14)7-10(13)3/h6-7,12,15H,5,8H2,1-4H3. The van der Waals surface area contributed by atoms with Crippen LogP contribution in [0.5, 0.6) is 0 Å². The lowest BCUT2D eigenvalue weighted by Gasteiger charge is -2.21. The second-order valence-corrected chi connectivity index (χ2v) is 6.84. The van der Waals surface area contributed by atoms with Crippen molar-refractivity contribution >= 4 is 9.84 Å². The number of hydrogen-bond acceptors (Lipinski definition) is 3. The van der Waals surface area contributed by atoms with Gasteiger partial charge in [-0.3, -0.25) is 0 Å².